The van der Waals surface area contributed by atoms with E-state index in [-0.39, 0.29) is 30.3 Å². The van der Waals surface area contributed by atoms with Gasteiger partial charge in [-0.3, -0.25) is 4.79 Å². The van der Waals surface area contributed by atoms with Gasteiger partial charge in [-0.2, -0.15) is 0 Å². The number of aromatic nitrogens is 2. The van der Waals surface area contributed by atoms with E-state index < -0.39 is 0 Å². The van der Waals surface area contributed by atoms with Crippen molar-refractivity contribution in [1.82, 2.24) is 15.5 Å². The lowest BCUT2D eigenvalue weighted by atomic mass is 10.0. The first-order valence-corrected chi connectivity index (χ1v) is 8.11. The van der Waals surface area contributed by atoms with E-state index in [4.69, 9.17) is 10.3 Å². The Morgan fingerprint density at radius 3 is 2.54 bits per heavy atom. The average molecular weight is 355 g/mol. The minimum Gasteiger partial charge on any atom is -0.348 e. The Hall–Kier alpha value is -1.66. The number of halogens is 1. The number of aryl methyl sites for hydroxylation is 1. The Morgan fingerprint density at radius 1 is 1.33 bits per heavy atom. The number of rotatable bonds is 6. The average Bonchev–Trinajstić information content (AvgIpc) is 2.86. The summed E-state index contributed by atoms with van der Waals surface area (Å²) in [4.78, 5) is 17.2. The van der Waals surface area contributed by atoms with Crippen LogP contribution in [0.25, 0.3) is 11.1 Å². The van der Waals surface area contributed by atoms with Gasteiger partial charge >= 0.3 is 0 Å². The molecule has 0 aliphatic rings. The molecule has 2 aromatic heterocycles. The number of carbonyl (C=O) groups is 1. The molecule has 0 aromatic carbocycles. The SMILES string of the molecule is Cc1noc2nc(C(C)C)cc(C(=O)NC(CN)CC(C)C)c12.Cl. The Bertz CT molecular complexity index is 697. The second-order valence-corrected chi connectivity index (χ2v) is 6.73. The van der Waals surface area contributed by atoms with E-state index in [1.165, 1.54) is 0 Å². The van der Waals surface area contributed by atoms with Crippen LogP contribution in [0, 0.1) is 12.8 Å². The highest BCUT2D eigenvalue weighted by Crippen LogP contribution is 2.25. The van der Waals surface area contributed by atoms with Crippen molar-refractivity contribution in [3.8, 4) is 0 Å². The van der Waals surface area contributed by atoms with Gasteiger partial charge in [-0.05, 0) is 31.2 Å². The lowest BCUT2D eigenvalue weighted by Crippen LogP contribution is -2.41. The number of nitrogens with one attached hydrogen (secondary N) is 1. The number of fused-ring (bicyclic) bond motifs is 1. The minimum atomic E-state index is -0.151. The Labute approximate surface area is 149 Å². The lowest BCUT2D eigenvalue weighted by molar-refractivity contribution is 0.0935. The van der Waals surface area contributed by atoms with Crippen molar-refractivity contribution < 1.29 is 9.32 Å². The normalized spacial score (nSPS) is 12.5. The van der Waals surface area contributed by atoms with Crippen molar-refractivity contribution in [3.05, 3.63) is 23.0 Å². The summed E-state index contributed by atoms with van der Waals surface area (Å²) in [5.41, 5.74) is 8.23. The predicted octanol–water partition coefficient (Wildman–Crippen LogP) is 3.18. The summed E-state index contributed by atoms with van der Waals surface area (Å²) in [7, 11) is 0. The first-order chi connectivity index (χ1) is 10.8. The van der Waals surface area contributed by atoms with Crippen LogP contribution in [0.15, 0.2) is 10.6 Å². The van der Waals surface area contributed by atoms with Gasteiger partial charge in [-0.25, -0.2) is 4.98 Å². The molecule has 3 N–H and O–H groups in total. The highest BCUT2D eigenvalue weighted by atomic mass is 35.5. The second kappa shape index (κ2) is 8.44. The maximum Gasteiger partial charge on any atom is 0.259 e. The summed E-state index contributed by atoms with van der Waals surface area (Å²) in [5.74, 6) is 0.504. The minimum absolute atomic E-state index is 0. The zero-order chi connectivity index (χ0) is 17.1. The number of pyridine rings is 1. The molecule has 1 unspecified atom stereocenters. The van der Waals surface area contributed by atoms with Crippen molar-refractivity contribution in [2.45, 2.75) is 53.0 Å². The molecule has 6 nitrogen and oxygen atoms in total. The predicted molar refractivity (Wildman–Crippen MR) is 97.6 cm³/mol. The molecule has 2 rings (SSSR count). The van der Waals surface area contributed by atoms with Gasteiger partial charge in [0.05, 0.1) is 16.6 Å². The molecule has 0 saturated carbocycles. The van der Waals surface area contributed by atoms with Gasteiger partial charge in [0.15, 0.2) is 0 Å². The van der Waals surface area contributed by atoms with Gasteiger partial charge in [-0.15, -0.1) is 12.4 Å². The van der Waals surface area contributed by atoms with E-state index in [1.54, 1.807) is 0 Å². The van der Waals surface area contributed by atoms with Crippen LogP contribution in [-0.2, 0) is 0 Å². The van der Waals surface area contributed by atoms with E-state index in [0.717, 1.165) is 12.1 Å². The summed E-state index contributed by atoms with van der Waals surface area (Å²) in [5, 5.41) is 7.65. The Balaban J connectivity index is 0.00000288. The smallest absolute Gasteiger partial charge is 0.259 e. The number of amides is 1. The van der Waals surface area contributed by atoms with Crippen LogP contribution < -0.4 is 11.1 Å². The summed E-state index contributed by atoms with van der Waals surface area (Å²) in [6.07, 6.45) is 0.843. The molecule has 7 heteroatoms. The van der Waals surface area contributed by atoms with Crippen LogP contribution in [0.3, 0.4) is 0 Å². The summed E-state index contributed by atoms with van der Waals surface area (Å²) >= 11 is 0. The first-order valence-electron chi connectivity index (χ1n) is 8.11. The topological polar surface area (TPSA) is 94.0 Å². The highest BCUT2D eigenvalue weighted by Gasteiger charge is 2.21. The fourth-order valence-electron chi connectivity index (χ4n) is 2.63. The van der Waals surface area contributed by atoms with Crippen LogP contribution in [0.2, 0.25) is 0 Å². The molecule has 0 saturated heterocycles. The van der Waals surface area contributed by atoms with Gasteiger partial charge in [0, 0.05) is 18.3 Å². The number of nitrogens with zero attached hydrogens (tertiary/aromatic N) is 2. The molecule has 0 bridgehead atoms. The van der Waals surface area contributed by atoms with Crippen LogP contribution in [0.5, 0.6) is 0 Å². The highest BCUT2D eigenvalue weighted by molar-refractivity contribution is 6.06. The maximum atomic E-state index is 12.8. The number of hydrogen-bond donors (Lipinski definition) is 2. The molecular weight excluding hydrogens is 328 g/mol. The number of nitrogens with two attached hydrogens (primary N) is 1. The van der Waals surface area contributed by atoms with E-state index >= 15 is 0 Å². The monoisotopic (exact) mass is 354 g/mol. The molecule has 24 heavy (non-hydrogen) atoms. The van der Waals surface area contributed by atoms with Gasteiger partial charge < -0.3 is 15.6 Å². The molecule has 2 heterocycles. The third-order valence-electron chi connectivity index (χ3n) is 3.85. The van der Waals surface area contributed by atoms with Crippen LogP contribution in [0.1, 0.15) is 61.8 Å². The molecule has 1 atom stereocenters. The lowest BCUT2D eigenvalue weighted by Gasteiger charge is -2.19. The molecule has 0 radical (unpaired) electrons. The third kappa shape index (κ3) is 4.45. The van der Waals surface area contributed by atoms with Crippen molar-refractivity contribution in [1.29, 1.82) is 0 Å². The molecule has 2 aromatic rings. The largest absolute Gasteiger partial charge is 0.348 e. The summed E-state index contributed by atoms with van der Waals surface area (Å²) < 4.78 is 5.26. The number of carbonyl (C=O) groups excluding carboxylic acids is 1. The van der Waals surface area contributed by atoms with Gasteiger partial charge in [0.2, 0.25) is 0 Å². The first kappa shape index (κ1) is 20.4. The third-order valence-corrected chi connectivity index (χ3v) is 3.85. The van der Waals surface area contributed by atoms with Crippen molar-refractivity contribution in [2.24, 2.45) is 11.7 Å². The standard InChI is InChI=1S/C17H26N4O2.ClH/c1-9(2)6-12(8-18)19-16(22)13-7-14(10(3)4)20-17-15(13)11(5)21-23-17;/h7,9-10,12H,6,8,18H2,1-5H3,(H,19,22);1H. The van der Waals surface area contributed by atoms with E-state index in [9.17, 15) is 4.79 Å². The van der Waals surface area contributed by atoms with Crippen molar-refractivity contribution >= 4 is 29.4 Å². The molecule has 0 aliphatic carbocycles. The van der Waals surface area contributed by atoms with Gasteiger partial charge in [0.1, 0.15) is 0 Å². The second-order valence-electron chi connectivity index (χ2n) is 6.73. The van der Waals surface area contributed by atoms with Gasteiger partial charge in [-0.1, -0.05) is 32.9 Å². The van der Waals surface area contributed by atoms with Crippen molar-refractivity contribution in [2.75, 3.05) is 6.54 Å². The van der Waals surface area contributed by atoms with Crippen LogP contribution in [-0.4, -0.2) is 28.6 Å². The van der Waals surface area contributed by atoms with Gasteiger partial charge in [0.25, 0.3) is 11.6 Å². The molecule has 134 valence electrons. The molecule has 0 spiro atoms. The fourth-order valence-corrected chi connectivity index (χ4v) is 2.63. The van der Waals surface area contributed by atoms with E-state index in [2.05, 4.69) is 29.3 Å². The fraction of sp³-hybridized carbons (Fsp3) is 0.588. The Morgan fingerprint density at radius 2 is 2.00 bits per heavy atom. The summed E-state index contributed by atoms with van der Waals surface area (Å²) in [6.45, 7) is 10.5. The number of hydrogen-bond acceptors (Lipinski definition) is 5. The molecule has 0 aliphatic heterocycles. The van der Waals surface area contributed by atoms with Crippen LogP contribution >= 0.6 is 12.4 Å². The maximum absolute atomic E-state index is 12.8. The Kier molecular flexibility index (Phi) is 7.17. The van der Waals surface area contributed by atoms with Crippen molar-refractivity contribution in [3.63, 3.8) is 0 Å². The van der Waals surface area contributed by atoms with Crippen LogP contribution in [0.4, 0.5) is 0 Å². The zero-order valence-corrected chi connectivity index (χ0v) is 15.7. The molecular formula is C17H27ClN4O2. The molecule has 1 amide bonds. The van der Waals surface area contributed by atoms with E-state index in [0.29, 0.717) is 34.8 Å². The summed E-state index contributed by atoms with van der Waals surface area (Å²) in [6, 6.07) is 1.78. The quantitative estimate of drug-likeness (QED) is 0.830. The molecule has 0 fully saturated rings. The van der Waals surface area contributed by atoms with E-state index in [1.807, 2.05) is 26.8 Å². The zero-order valence-electron chi connectivity index (χ0n) is 14.9.